The summed E-state index contributed by atoms with van der Waals surface area (Å²) in [5.74, 6) is 1.45. The third kappa shape index (κ3) is 2.78. The summed E-state index contributed by atoms with van der Waals surface area (Å²) < 4.78 is 0.755. The summed E-state index contributed by atoms with van der Waals surface area (Å²) in [4.78, 5) is 15.7. The zero-order chi connectivity index (χ0) is 10.8. The van der Waals surface area contributed by atoms with E-state index in [9.17, 15) is 4.79 Å². The molecule has 5 heteroatoms. The lowest BCUT2D eigenvalue weighted by atomic mass is 9.76. The first kappa shape index (κ1) is 11.1. The van der Waals surface area contributed by atoms with Gasteiger partial charge in [-0.15, -0.1) is 11.3 Å². The van der Waals surface area contributed by atoms with Crippen molar-refractivity contribution in [3.8, 4) is 0 Å². The van der Waals surface area contributed by atoms with E-state index in [0.717, 1.165) is 16.4 Å². The molecule has 1 N–H and O–H groups in total. The average molecular weight is 289 g/mol. The smallest absolute Gasteiger partial charge is 0.270 e. The van der Waals surface area contributed by atoms with Crippen molar-refractivity contribution in [2.75, 3.05) is 6.54 Å². The molecule has 1 aliphatic rings. The van der Waals surface area contributed by atoms with Crippen molar-refractivity contribution in [2.45, 2.75) is 19.8 Å². The number of rotatable bonds is 3. The molecule has 0 aliphatic heterocycles. The molecule has 82 valence electrons. The molecule has 0 spiro atoms. The Morgan fingerprint density at radius 2 is 2.47 bits per heavy atom. The number of hydrogen-bond donors (Lipinski definition) is 1. The predicted octanol–water partition coefficient (Wildman–Crippen LogP) is 2.68. The minimum Gasteiger partial charge on any atom is -0.350 e. The van der Waals surface area contributed by atoms with Crippen molar-refractivity contribution in [1.29, 1.82) is 0 Å². The first-order valence-corrected chi connectivity index (χ1v) is 6.71. The van der Waals surface area contributed by atoms with E-state index >= 15 is 0 Å². The van der Waals surface area contributed by atoms with Gasteiger partial charge in [-0.05, 0) is 40.6 Å². The highest BCUT2D eigenvalue weighted by Gasteiger charge is 2.25. The molecule has 2 rings (SSSR count). The van der Waals surface area contributed by atoms with E-state index in [4.69, 9.17) is 0 Å². The minimum atomic E-state index is -0.0588. The number of nitrogens with one attached hydrogen (secondary N) is 1. The molecule has 0 atom stereocenters. The first-order valence-electron chi connectivity index (χ1n) is 5.04. The van der Waals surface area contributed by atoms with Crippen molar-refractivity contribution < 1.29 is 4.79 Å². The summed E-state index contributed by atoms with van der Waals surface area (Å²) in [5, 5.41) is 4.69. The SMILES string of the molecule is CC1CC(CNC(=O)c2csc(Br)n2)C1. The topological polar surface area (TPSA) is 42.0 Å². The van der Waals surface area contributed by atoms with Gasteiger partial charge in [0, 0.05) is 11.9 Å². The lowest BCUT2D eigenvalue weighted by molar-refractivity contribution is 0.0923. The van der Waals surface area contributed by atoms with Crippen LogP contribution >= 0.6 is 27.3 Å². The molecule has 1 aromatic heterocycles. The van der Waals surface area contributed by atoms with E-state index in [0.29, 0.717) is 11.6 Å². The number of carbonyl (C=O) groups excluding carboxylic acids is 1. The summed E-state index contributed by atoms with van der Waals surface area (Å²) in [6.07, 6.45) is 2.47. The first-order chi connectivity index (χ1) is 7.15. The molecule has 1 heterocycles. The van der Waals surface area contributed by atoms with E-state index in [1.165, 1.54) is 24.2 Å². The number of carbonyl (C=O) groups is 1. The van der Waals surface area contributed by atoms with Crippen LogP contribution in [-0.2, 0) is 0 Å². The van der Waals surface area contributed by atoms with Crippen LogP contribution in [0, 0.1) is 11.8 Å². The van der Waals surface area contributed by atoms with Crippen LogP contribution < -0.4 is 5.32 Å². The molecule has 0 unspecified atom stereocenters. The van der Waals surface area contributed by atoms with Gasteiger partial charge in [-0.3, -0.25) is 4.79 Å². The van der Waals surface area contributed by atoms with Crippen LogP contribution in [0.1, 0.15) is 30.3 Å². The Hall–Kier alpha value is -0.420. The lowest BCUT2D eigenvalue weighted by Gasteiger charge is -2.32. The second-order valence-electron chi connectivity index (χ2n) is 4.14. The van der Waals surface area contributed by atoms with E-state index in [1.54, 1.807) is 5.38 Å². The van der Waals surface area contributed by atoms with Crippen LogP contribution in [0.5, 0.6) is 0 Å². The maximum Gasteiger partial charge on any atom is 0.270 e. The van der Waals surface area contributed by atoms with Crippen molar-refractivity contribution in [1.82, 2.24) is 10.3 Å². The van der Waals surface area contributed by atoms with Crippen LogP contribution in [0.4, 0.5) is 0 Å². The van der Waals surface area contributed by atoms with Crippen LogP contribution in [0.15, 0.2) is 9.30 Å². The van der Waals surface area contributed by atoms with Gasteiger partial charge in [0.05, 0.1) is 0 Å². The second-order valence-corrected chi connectivity index (χ2v) is 6.27. The molecule has 3 nitrogen and oxygen atoms in total. The summed E-state index contributed by atoms with van der Waals surface area (Å²) in [6, 6.07) is 0. The standard InChI is InChI=1S/C10H13BrN2OS/c1-6-2-7(3-6)4-12-9(14)8-5-15-10(11)13-8/h5-7H,2-4H2,1H3,(H,12,14). The Morgan fingerprint density at radius 1 is 1.73 bits per heavy atom. The molecule has 1 aromatic rings. The number of nitrogens with zero attached hydrogens (tertiary/aromatic N) is 1. The van der Waals surface area contributed by atoms with Gasteiger partial charge < -0.3 is 5.32 Å². The largest absolute Gasteiger partial charge is 0.350 e. The molecule has 0 bridgehead atoms. The van der Waals surface area contributed by atoms with E-state index < -0.39 is 0 Å². The molecule has 0 aromatic carbocycles. The highest BCUT2D eigenvalue weighted by molar-refractivity contribution is 9.11. The van der Waals surface area contributed by atoms with Crippen LogP contribution in [0.25, 0.3) is 0 Å². The van der Waals surface area contributed by atoms with Gasteiger partial charge >= 0.3 is 0 Å². The third-order valence-corrected chi connectivity index (χ3v) is 4.10. The fraction of sp³-hybridized carbons (Fsp3) is 0.600. The summed E-state index contributed by atoms with van der Waals surface area (Å²) in [7, 11) is 0. The number of amides is 1. The van der Waals surface area contributed by atoms with Crippen molar-refractivity contribution in [2.24, 2.45) is 11.8 Å². The molecule has 15 heavy (non-hydrogen) atoms. The maximum absolute atomic E-state index is 11.6. The number of aromatic nitrogens is 1. The quantitative estimate of drug-likeness (QED) is 0.929. The van der Waals surface area contributed by atoms with Gasteiger partial charge in [-0.1, -0.05) is 6.92 Å². The monoisotopic (exact) mass is 288 g/mol. The maximum atomic E-state index is 11.6. The van der Waals surface area contributed by atoms with Crippen molar-refractivity contribution in [3.63, 3.8) is 0 Å². The van der Waals surface area contributed by atoms with Crippen LogP contribution in [0.3, 0.4) is 0 Å². The molecule has 1 aliphatic carbocycles. The second kappa shape index (κ2) is 4.61. The van der Waals surface area contributed by atoms with Gasteiger partial charge in [0.15, 0.2) is 3.92 Å². The van der Waals surface area contributed by atoms with Crippen molar-refractivity contribution in [3.05, 3.63) is 15.0 Å². The van der Waals surface area contributed by atoms with E-state index in [2.05, 4.69) is 33.2 Å². The Bertz CT molecular complexity index is 360. The van der Waals surface area contributed by atoms with Gasteiger partial charge in [-0.25, -0.2) is 4.98 Å². The van der Waals surface area contributed by atoms with Crippen LogP contribution in [0.2, 0.25) is 0 Å². The molecular formula is C10H13BrN2OS. The fourth-order valence-electron chi connectivity index (χ4n) is 1.92. The molecule has 1 fully saturated rings. The molecule has 0 radical (unpaired) electrons. The van der Waals surface area contributed by atoms with Gasteiger partial charge in [0.1, 0.15) is 5.69 Å². The molecule has 0 saturated heterocycles. The summed E-state index contributed by atoms with van der Waals surface area (Å²) in [6.45, 7) is 3.04. The Kier molecular flexibility index (Phi) is 3.41. The Labute approximate surface area is 101 Å². The fourth-order valence-corrected chi connectivity index (χ4v) is 2.91. The van der Waals surface area contributed by atoms with Gasteiger partial charge in [0.25, 0.3) is 5.91 Å². The zero-order valence-corrected chi connectivity index (χ0v) is 10.9. The lowest BCUT2D eigenvalue weighted by Crippen LogP contribution is -2.35. The molecular weight excluding hydrogens is 276 g/mol. The zero-order valence-electron chi connectivity index (χ0n) is 8.50. The van der Waals surface area contributed by atoms with E-state index in [1.807, 2.05) is 0 Å². The normalized spacial score (nSPS) is 24.7. The minimum absolute atomic E-state index is 0.0588. The highest BCUT2D eigenvalue weighted by Crippen LogP contribution is 2.32. The van der Waals surface area contributed by atoms with E-state index in [-0.39, 0.29) is 5.91 Å². The Morgan fingerprint density at radius 3 is 3.00 bits per heavy atom. The predicted molar refractivity (Wildman–Crippen MR) is 64.0 cm³/mol. The van der Waals surface area contributed by atoms with Crippen LogP contribution in [-0.4, -0.2) is 17.4 Å². The highest BCUT2D eigenvalue weighted by atomic mass is 79.9. The van der Waals surface area contributed by atoms with Gasteiger partial charge in [-0.2, -0.15) is 0 Å². The summed E-state index contributed by atoms with van der Waals surface area (Å²) in [5.41, 5.74) is 0.513. The number of hydrogen-bond acceptors (Lipinski definition) is 3. The molecule has 1 saturated carbocycles. The number of halogens is 1. The average Bonchev–Trinajstić information content (AvgIpc) is 2.57. The van der Waals surface area contributed by atoms with Crippen molar-refractivity contribution >= 4 is 33.2 Å². The number of thiazole rings is 1. The molecule has 1 amide bonds. The summed E-state index contributed by atoms with van der Waals surface area (Å²) >= 11 is 4.67. The third-order valence-electron chi connectivity index (χ3n) is 2.73. The van der Waals surface area contributed by atoms with Gasteiger partial charge in [0.2, 0.25) is 0 Å². The Balaban J connectivity index is 1.78.